The van der Waals surface area contributed by atoms with Crippen LogP contribution in [0.3, 0.4) is 0 Å². The molecule has 1 radical (unpaired) electrons. The van der Waals surface area contributed by atoms with Gasteiger partial charge in [-0.1, -0.05) is 0 Å². The Morgan fingerprint density at radius 1 is 1.50 bits per heavy atom. The Kier molecular flexibility index (Phi) is 5.91. The van der Waals surface area contributed by atoms with Gasteiger partial charge in [-0.15, -0.1) is 0 Å². The normalized spacial score (nSPS) is 16.8. The predicted molar refractivity (Wildman–Crippen MR) is 44.7 cm³/mol. The van der Waals surface area contributed by atoms with Crippen molar-refractivity contribution >= 4 is 9.04 Å². The SMILES string of the molecule is C[SiH]([O])CC(CN)CCN. The molecule has 10 heavy (non-hydrogen) atoms. The van der Waals surface area contributed by atoms with Gasteiger partial charge in [0.15, 0.2) is 0 Å². The van der Waals surface area contributed by atoms with Crippen LogP contribution in [0.1, 0.15) is 6.42 Å². The molecule has 0 saturated heterocycles. The quantitative estimate of drug-likeness (QED) is 0.543. The third-order valence-corrected chi connectivity index (χ3v) is 2.90. The lowest BCUT2D eigenvalue weighted by Crippen LogP contribution is -2.22. The first-order valence-corrected chi connectivity index (χ1v) is 6.21. The maximum absolute atomic E-state index is 10.8. The van der Waals surface area contributed by atoms with Gasteiger partial charge in [-0.2, -0.15) is 0 Å². The van der Waals surface area contributed by atoms with Crippen LogP contribution in [0.4, 0.5) is 0 Å². The Morgan fingerprint density at radius 3 is 2.40 bits per heavy atom. The van der Waals surface area contributed by atoms with E-state index in [1.165, 1.54) is 0 Å². The summed E-state index contributed by atoms with van der Waals surface area (Å²) < 4.78 is 0. The smallest absolute Gasteiger partial charge is 0.219 e. The van der Waals surface area contributed by atoms with Gasteiger partial charge in [-0.3, -0.25) is 0 Å². The third-order valence-electron chi connectivity index (χ3n) is 1.57. The summed E-state index contributed by atoms with van der Waals surface area (Å²) in [7, 11) is -1.66. The van der Waals surface area contributed by atoms with Crippen molar-refractivity contribution in [1.82, 2.24) is 0 Å². The van der Waals surface area contributed by atoms with Crippen molar-refractivity contribution in [1.29, 1.82) is 0 Å². The van der Waals surface area contributed by atoms with Crippen molar-refractivity contribution in [3.8, 4) is 0 Å². The fourth-order valence-electron chi connectivity index (χ4n) is 1.04. The van der Waals surface area contributed by atoms with Crippen molar-refractivity contribution < 1.29 is 4.80 Å². The van der Waals surface area contributed by atoms with Crippen LogP contribution in [0.15, 0.2) is 0 Å². The van der Waals surface area contributed by atoms with Crippen molar-refractivity contribution in [2.75, 3.05) is 13.1 Å². The van der Waals surface area contributed by atoms with E-state index in [4.69, 9.17) is 11.5 Å². The van der Waals surface area contributed by atoms with Gasteiger partial charge in [0.25, 0.3) is 0 Å². The summed E-state index contributed by atoms with van der Waals surface area (Å²) in [5, 5.41) is 0. The van der Waals surface area contributed by atoms with E-state index in [-0.39, 0.29) is 0 Å². The Hall–Kier alpha value is 0.0969. The second kappa shape index (κ2) is 5.85. The molecule has 4 heteroatoms. The lowest BCUT2D eigenvalue weighted by Gasteiger charge is -2.12. The van der Waals surface area contributed by atoms with Crippen LogP contribution in [0.2, 0.25) is 12.6 Å². The summed E-state index contributed by atoms with van der Waals surface area (Å²) in [4.78, 5) is 10.8. The predicted octanol–water partition coefficient (Wildman–Crippen LogP) is -0.306. The molecular weight excluding hydrogens is 144 g/mol. The largest absolute Gasteiger partial charge is 0.330 e. The standard InChI is InChI=1S/C6H17N2OSi/c1-10(9)5-6(4-8)2-3-7/h6,10H,2-5,7-8H2,1H3. The van der Waals surface area contributed by atoms with Gasteiger partial charge in [0.2, 0.25) is 9.04 Å². The molecule has 0 aromatic rings. The molecule has 61 valence electrons. The minimum absolute atomic E-state index is 0.393. The van der Waals surface area contributed by atoms with Crippen molar-refractivity contribution in [3.63, 3.8) is 0 Å². The third kappa shape index (κ3) is 4.93. The van der Waals surface area contributed by atoms with Crippen LogP contribution >= 0.6 is 0 Å². The highest BCUT2D eigenvalue weighted by molar-refractivity contribution is 6.48. The van der Waals surface area contributed by atoms with Gasteiger partial charge in [0.1, 0.15) is 0 Å². The molecule has 0 aliphatic carbocycles. The van der Waals surface area contributed by atoms with Crippen LogP contribution in [-0.2, 0) is 4.80 Å². The molecule has 0 spiro atoms. The first-order chi connectivity index (χ1) is 4.70. The highest BCUT2D eigenvalue weighted by atomic mass is 28.3. The lowest BCUT2D eigenvalue weighted by atomic mass is 10.1. The van der Waals surface area contributed by atoms with E-state index in [9.17, 15) is 4.80 Å². The Balaban J connectivity index is 3.39. The molecule has 0 aromatic heterocycles. The lowest BCUT2D eigenvalue weighted by molar-refractivity contribution is 0.429. The molecule has 0 fully saturated rings. The van der Waals surface area contributed by atoms with Crippen molar-refractivity contribution in [2.24, 2.45) is 17.4 Å². The van der Waals surface area contributed by atoms with Crippen LogP contribution in [0.5, 0.6) is 0 Å². The molecule has 0 bridgehead atoms. The van der Waals surface area contributed by atoms with Gasteiger partial charge >= 0.3 is 0 Å². The fourth-order valence-corrected chi connectivity index (χ4v) is 2.40. The zero-order chi connectivity index (χ0) is 7.98. The van der Waals surface area contributed by atoms with Gasteiger partial charge in [-0.05, 0) is 38.0 Å². The van der Waals surface area contributed by atoms with Gasteiger partial charge in [0.05, 0.1) is 0 Å². The molecule has 0 aliphatic heterocycles. The molecule has 3 nitrogen and oxygen atoms in total. The molecule has 0 aromatic carbocycles. The summed E-state index contributed by atoms with van der Waals surface area (Å²) in [5.41, 5.74) is 10.8. The Morgan fingerprint density at radius 2 is 2.10 bits per heavy atom. The summed E-state index contributed by atoms with van der Waals surface area (Å²) in [6, 6.07) is 0.799. The molecule has 4 N–H and O–H groups in total. The van der Waals surface area contributed by atoms with Gasteiger partial charge in [0, 0.05) is 0 Å². The maximum atomic E-state index is 10.8. The van der Waals surface area contributed by atoms with E-state index in [1.54, 1.807) is 6.55 Å². The molecule has 0 amide bonds. The van der Waals surface area contributed by atoms with E-state index in [2.05, 4.69) is 0 Å². The zero-order valence-electron chi connectivity index (χ0n) is 6.55. The first kappa shape index (κ1) is 10.1. The number of nitrogens with two attached hydrogens (primary N) is 2. The average Bonchev–Trinajstić information content (AvgIpc) is 1.86. The minimum atomic E-state index is -1.66. The number of hydrogen-bond acceptors (Lipinski definition) is 2. The van der Waals surface area contributed by atoms with Crippen LogP contribution < -0.4 is 11.5 Å². The topological polar surface area (TPSA) is 71.9 Å². The molecule has 0 saturated carbocycles. The molecule has 0 heterocycles. The molecule has 0 aliphatic rings. The van der Waals surface area contributed by atoms with E-state index in [0.29, 0.717) is 19.0 Å². The second-order valence-electron chi connectivity index (χ2n) is 2.73. The van der Waals surface area contributed by atoms with Crippen LogP contribution in [-0.4, -0.2) is 22.1 Å². The molecule has 0 rings (SSSR count). The summed E-state index contributed by atoms with van der Waals surface area (Å²) in [6.45, 7) is 3.08. The highest BCUT2D eigenvalue weighted by Crippen LogP contribution is 2.08. The number of rotatable bonds is 5. The zero-order valence-corrected chi connectivity index (χ0v) is 7.70. The van der Waals surface area contributed by atoms with Crippen LogP contribution in [0.25, 0.3) is 0 Å². The Labute approximate surface area is 64.1 Å². The summed E-state index contributed by atoms with van der Waals surface area (Å²) >= 11 is 0. The minimum Gasteiger partial charge on any atom is -0.330 e. The second-order valence-corrected chi connectivity index (χ2v) is 4.82. The van der Waals surface area contributed by atoms with E-state index in [0.717, 1.165) is 12.5 Å². The Bertz CT molecular complexity index is 80.1. The summed E-state index contributed by atoms with van der Waals surface area (Å²) in [5.74, 6) is 0.393. The van der Waals surface area contributed by atoms with Gasteiger partial charge in [-0.25, -0.2) is 0 Å². The van der Waals surface area contributed by atoms with Gasteiger partial charge < -0.3 is 16.3 Å². The van der Waals surface area contributed by atoms with E-state index >= 15 is 0 Å². The van der Waals surface area contributed by atoms with Crippen molar-refractivity contribution in [2.45, 2.75) is 19.0 Å². The maximum Gasteiger partial charge on any atom is 0.219 e. The van der Waals surface area contributed by atoms with E-state index in [1.807, 2.05) is 0 Å². The molecular formula is C6H17N2OSi. The molecule has 2 atom stereocenters. The monoisotopic (exact) mass is 161 g/mol. The summed E-state index contributed by atoms with van der Waals surface area (Å²) in [6.07, 6.45) is 0.913. The number of hydrogen-bond donors (Lipinski definition) is 2. The van der Waals surface area contributed by atoms with E-state index < -0.39 is 9.04 Å². The van der Waals surface area contributed by atoms with Crippen molar-refractivity contribution in [3.05, 3.63) is 0 Å². The average molecular weight is 161 g/mol. The molecule has 2 unspecified atom stereocenters. The highest BCUT2D eigenvalue weighted by Gasteiger charge is 2.10. The van der Waals surface area contributed by atoms with Crippen LogP contribution in [0, 0.1) is 5.92 Å². The fraction of sp³-hybridized carbons (Fsp3) is 1.00. The first-order valence-electron chi connectivity index (χ1n) is 3.76.